The summed E-state index contributed by atoms with van der Waals surface area (Å²) in [4.78, 5) is 14.7. The van der Waals surface area contributed by atoms with Crippen LogP contribution in [0.3, 0.4) is 0 Å². The van der Waals surface area contributed by atoms with Gasteiger partial charge >= 0.3 is 0 Å². The molecule has 116 valence electrons. The Morgan fingerprint density at radius 2 is 1.95 bits per heavy atom. The molecule has 1 aliphatic rings. The van der Waals surface area contributed by atoms with Gasteiger partial charge in [0.15, 0.2) is 0 Å². The predicted octanol–water partition coefficient (Wildman–Crippen LogP) is 3.70. The molecule has 1 aromatic rings. The second-order valence-electron chi connectivity index (χ2n) is 6.16. The summed E-state index contributed by atoms with van der Waals surface area (Å²) in [5.74, 6) is 0.273. The Labute approximate surface area is 128 Å². The molecule has 1 aromatic carbocycles. The highest BCUT2D eigenvalue weighted by Crippen LogP contribution is 2.29. The molecule has 2 unspecified atom stereocenters. The van der Waals surface area contributed by atoms with Crippen molar-refractivity contribution in [2.75, 3.05) is 6.54 Å². The molecule has 0 spiro atoms. The van der Waals surface area contributed by atoms with Gasteiger partial charge in [0.2, 0.25) is 5.91 Å². The van der Waals surface area contributed by atoms with Gasteiger partial charge in [0, 0.05) is 6.54 Å². The van der Waals surface area contributed by atoms with Crippen LogP contribution in [0.2, 0.25) is 0 Å². The van der Waals surface area contributed by atoms with Crippen molar-refractivity contribution in [1.82, 2.24) is 10.2 Å². The van der Waals surface area contributed by atoms with E-state index < -0.39 is 0 Å². The smallest absolute Gasteiger partial charge is 0.241 e. The number of amides is 1. The summed E-state index contributed by atoms with van der Waals surface area (Å²) in [7, 11) is 0. The van der Waals surface area contributed by atoms with Crippen molar-refractivity contribution in [3.63, 3.8) is 0 Å². The molecule has 0 aliphatic carbocycles. The number of nitrogens with zero attached hydrogens (tertiary/aromatic N) is 1. The fourth-order valence-corrected chi connectivity index (χ4v) is 3.13. The van der Waals surface area contributed by atoms with Gasteiger partial charge in [-0.25, -0.2) is 0 Å². The number of carbonyl (C=O) groups excluding carboxylic acids is 1. The molecule has 0 radical (unpaired) electrons. The van der Waals surface area contributed by atoms with Gasteiger partial charge in [-0.3, -0.25) is 10.1 Å². The van der Waals surface area contributed by atoms with Crippen molar-refractivity contribution in [3.8, 4) is 0 Å². The molecule has 1 N–H and O–H groups in total. The van der Waals surface area contributed by atoms with E-state index in [9.17, 15) is 4.79 Å². The second kappa shape index (κ2) is 7.08. The van der Waals surface area contributed by atoms with Crippen LogP contribution in [0.4, 0.5) is 0 Å². The Balaban J connectivity index is 2.27. The van der Waals surface area contributed by atoms with E-state index in [0.29, 0.717) is 0 Å². The summed E-state index contributed by atoms with van der Waals surface area (Å²) in [5, 5.41) is 3.55. The Kier molecular flexibility index (Phi) is 5.40. The zero-order chi connectivity index (χ0) is 15.4. The molecular formula is C18H28N2O. The summed E-state index contributed by atoms with van der Waals surface area (Å²) in [5.41, 5.74) is 3.77. The van der Waals surface area contributed by atoms with E-state index in [1.807, 2.05) is 4.90 Å². The Hall–Kier alpha value is -1.35. The molecule has 1 aliphatic heterocycles. The summed E-state index contributed by atoms with van der Waals surface area (Å²) in [6.07, 6.45) is 4.17. The van der Waals surface area contributed by atoms with Crippen LogP contribution in [-0.2, 0) is 4.79 Å². The fraction of sp³-hybridized carbons (Fsp3) is 0.611. The normalized spacial score (nSPS) is 22.1. The number of benzene rings is 1. The lowest BCUT2D eigenvalue weighted by Gasteiger charge is -2.26. The Bertz CT molecular complexity index is 498. The molecule has 1 fully saturated rings. The largest absolute Gasteiger partial charge is 0.322 e. The van der Waals surface area contributed by atoms with Crippen LogP contribution in [-0.4, -0.2) is 23.4 Å². The van der Waals surface area contributed by atoms with Crippen molar-refractivity contribution in [1.29, 1.82) is 0 Å². The minimum atomic E-state index is -0.0161. The number of nitrogens with one attached hydrogen (secondary N) is 1. The van der Waals surface area contributed by atoms with E-state index in [1.165, 1.54) is 16.7 Å². The lowest BCUT2D eigenvalue weighted by atomic mass is 10.0. The number of rotatable bonds is 6. The molecule has 0 aromatic heterocycles. The number of unbranched alkanes of at least 4 members (excludes halogenated alkanes) is 1. The highest BCUT2D eigenvalue weighted by molar-refractivity contribution is 5.84. The second-order valence-corrected chi connectivity index (χ2v) is 6.16. The SMILES string of the molecule is CCCCN1C(=O)C(CCC)NC1c1ccc(C)cc1C. The summed E-state index contributed by atoms with van der Waals surface area (Å²) in [6, 6.07) is 6.49. The average Bonchev–Trinajstić information content (AvgIpc) is 2.74. The molecule has 3 nitrogen and oxygen atoms in total. The van der Waals surface area contributed by atoms with Crippen LogP contribution < -0.4 is 5.32 Å². The zero-order valence-corrected chi connectivity index (χ0v) is 13.8. The first-order valence-electron chi connectivity index (χ1n) is 8.22. The molecule has 0 saturated carbocycles. The van der Waals surface area contributed by atoms with Crippen molar-refractivity contribution < 1.29 is 4.79 Å². The lowest BCUT2D eigenvalue weighted by molar-refractivity contribution is -0.130. The summed E-state index contributed by atoms with van der Waals surface area (Å²) in [6.45, 7) is 9.40. The predicted molar refractivity (Wildman–Crippen MR) is 87.1 cm³/mol. The molecule has 3 heteroatoms. The molecular weight excluding hydrogens is 260 g/mol. The molecule has 0 bridgehead atoms. The minimum absolute atomic E-state index is 0.0161. The maximum absolute atomic E-state index is 12.6. The van der Waals surface area contributed by atoms with Crippen LogP contribution in [0, 0.1) is 13.8 Å². The van der Waals surface area contributed by atoms with Crippen molar-refractivity contribution in [2.45, 2.75) is 65.6 Å². The highest BCUT2D eigenvalue weighted by Gasteiger charge is 2.38. The number of hydrogen-bond donors (Lipinski definition) is 1. The van der Waals surface area contributed by atoms with E-state index in [-0.39, 0.29) is 18.1 Å². The van der Waals surface area contributed by atoms with Gasteiger partial charge in [0.05, 0.1) is 6.04 Å². The first-order chi connectivity index (χ1) is 10.1. The highest BCUT2D eigenvalue weighted by atomic mass is 16.2. The molecule has 1 saturated heterocycles. The first kappa shape index (κ1) is 16.0. The van der Waals surface area contributed by atoms with Crippen molar-refractivity contribution in [2.24, 2.45) is 0 Å². The average molecular weight is 288 g/mol. The van der Waals surface area contributed by atoms with E-state index >= 15 is 0 Å². The number of aryl methyl sites for hydroxylation is 2. The van der Waals surface area contributed by atoms with Gasteiger partial charge in [-0.2, -0.15) is 0 Å². The number of hydrogen-bond acceptors (Lipinski definition) is 2. The third-order valence-electron chi connectivity index (χ3n) is 4.30. The first-order valence-corrected chi connectivity index (χ1v) is 8.22. The summed E-state index contributed by atoms with van der Waals surface area (Å²) < 4.78 is 0. The van der Waals surface area contributed by atoms with Gasteiger partial charge < -0.3 is 4.90 Å². The lowest BCUT2D eigenvalue weighted by Crippen LogP contribution is -2.32. The zero-order valence-electron chi connectivity index (χ0n) is 13.8. The van der Waals surface area contributed by atoms with E-state index in [4.69, 9.17) is 0 Å². The van der Waals surface area contributed by atoms with Crippen LogP contribution >= 0.6 is 0 Å². The Morgan fingerprint density at radius 1 is 1.19 bits per heavy atom. The molecule has 1 amide bonds. The van der Waals surface area contributed by atoms with Gasteiger partial charge in [0.25, 0.3) is 0 Å². The topological polar surface area (TPSA) is 32.3 Å². The molecule has 21 heavy (non-hydrogen) atoms. The van der Waals surface area contributed by atoms with Gasteiger partial charge in [-0.1, -0.05) is 50.5 Å². The fourth-order valence-electron chi connectivity index (χ4n) is 3.13. The van der Waals surface area contributed by atoms with Gasteiger partial charge in [-0.15, -0.1) is 0 Å². The van der Waals surface area contributed by atoms with Crippen molar-refractivity contribution >= 4 is 5.91 Å². The van der Waals surface area contributed by atoms with Crippen LogP contribution in [0.1, 0.15) is 62.4 Å². The Morgan fingerprint density at radius 3 is 2.57 bits per heavy atom. The monoisotopic (exact) mass is 288 g/mol. The quantitative estimate of drug-likeness (QED) is 0.865. The van der Waals surface area contributed by atoms with E-state index in [0.717, 1.165) is 32.2 Å². The minimum Gasteiger partial charge on any atom is -0.322 e. The third-order valence-corrected chi connectivity index (χ3v) is 4.30. The standard InChI is InChI=1S/C18H28N2O/c1-5-7-11-20-17(19-16(8-6-2)18(20)21)15-10-9-13(3)12-14(15)4/h9-10,12,16-17,19H,5-8,11H2,1-4H3. The maximum Gasteiger partial charge on any atom is 0.241 e. The molecule has 1 heterocycles. The van der Waals surface area contributed by atoms with Crippen molar-refractivity contribution in [3.05, 3.63) is 34.9 Å². The number of carbonyl (C=O) groups is 1. The van der Waals surface area contributed by atoms with Crippen LogP contribution in [0.15, 0.2) is 18.2 Å². The van der Waals surface area contributed by atoms with E-state index in [2.05, 4.69) is 51.2 Å². The van der Waals surface area contributed by atoms with E-state index in [1.54, 1.807) is 0 Å². The summed E-state index contributed by atoms with van der Waals surface area (Å²) >= 11 is 0. The van der Waals surface area contributed by atoms with Gasteiger partial charge in [0.1, 0.15) is 6.17 Å². The molecule has 2 rings (SSSR count). The van der Waals surface area contributed by atoms with Crippen LogP contribution in [0.25, 0.3) is 0 Å². The van der Waals surface area contributed by atoms with Gasteiger partial charge in [-0.05, 0) is 37.8 Å². The molecule has 2 atom stereocenters. The maximum atomic E-state index is 12.6. The van der Waals surface area contributed by atoms with Crippen LogP contribution in [0.5, 0.6) is 0 Å². The third kappa shape index (κ3) is 3.46.